The molecule has 0 spiro atoms. The van der Waals surface area contributed by atoms with Gasteiger partial charge >= 0.3 is 0 Å². The number of nitrogens with zero attached hydrogens (tertiary/aromatic N) is 5. The van der Waals surface area contributed by atoms with Gasteiger partial charge in [0.1, 0.15) is 0 Å². The van der Waals surface area contributed by atoms with E-state index in [0.29, 0.717) is 6.04 Å². The molecule has 0 bridgehead atoms. The minimum Gasteiger partial charge on any atom is -0.380 e. The fourth-order valence-electron chi connectivity index (χ4n) is 2.75. The van der Waals surface area contributed by atoms with Crippen LogP contribution in [0, 0.1) is 6.92 Å². The Morgan fingerprint density at radius 3 is 3.00 bits per heavy atom. The van der Waals surface area contributed by atoms with Gasteiger partial charge < -0.3 is 9.64 Å². The van der Waals surface area contributed by atoms with Gasteiger partial charge in [-0.1, -0.05) is 11.3 Å². The average molecular weight is 309 g/mol. The lowest BCUT2D eigenvalue weighted by Gasteiger charge is -2.39. The molecule has 0 radical (unpaired) electrons. The van der Waals surface area contributed by atoms with Gasteiger partial charge in [-0.25, -0.2) is 9.50 Å². The Balaban J connectivity index is 1.62. The van der Waals surface area contributed by atoms with Crippen LogP contribution in [0.15, 0.2) is 6.20 Å². The van der Waals surface area contributed by atoms with E-state index in [2.05, 4.69) is 26.8 Å². The number of rotatable bonds is 5. The summed E-state index contributed by atoms with van der Waals surface area (Å²) >= 11 is 1.67. The highest BCUT2D eigenvalue weighted by Gasteiger charge is 2.25. The van der Waals surface area contributed by atoms with Crippen LogP contribution in [0.1, 0.15) is 19.5 Å². The van der Waals surface area contributed by atoms with E-state index >= 15 is 0 Å². The number of anilines is 1. The van der Waals surface area contributed by atoms with Crippen LogP contribution in [0.3, 0.4) is 0 Å². The van der Waals surface area contributed by atoms with E-state index in [4.69, 9.17) is 4.74 Å². The summed E-state index contributed by atoms with van der Waals surface area (Å²) in [4.78, 5) is 10.3. The molecule has 1 saturated heterocycles. The first kappa shape index (κ1) is 14.7. The van der Waals surface area contributed by atoms with E-state index in [-0.39, 0.29) is 0 Å². The maximum atomic E-state index is 5.46. The Hall–Kier alpha value is -1.18. The number of imidazole rings is 1. The van der Waals surface area contributed by atoms with Crippen molar-refractivity contribution in [3.63, 3.8) is 0 Å². The highest BCUT2D eigenvalue weighted by atomic mass is 32.1. The van der Waals surface area contributed by atoms with Crippen molar-refractivity contribution in [3.8, 4) is 0 Å². The molecule has 2 aromatic rings. The molecule has 0 amide bonds. The second-order valence-corrected chi connectivity index (χ2v) is 6.46. The summed E-state index contributed by atoms with van der Waals surface area (Å²) in [6, 6.07) is 0.525. The number of hydrogen-bond donors (Lipinski definition) is 0. The molecule has 1 atom stereocenters. The van der Waals surface area contributed by atoms with Crippen LogP contribution in [-0.2, 0) is 4.74 Å². The van der Waals surface area contributed by atoms with E-state index in [1.165, 1.54) is 0 Å². The number of ether oxygens (including phenoxy) is 1. The smallest absolute Gasteiger partial charge is 0.214 e. The van der Waals surface area contributed by atoms with Crippen LogP contribution < -0.4 is 4.90 Å². The zero-order valence-corrected chi connectivity index (χ0v) is 13.8. The van der Waals surface area contributed by atoms with E-state index in [0.717, 1.165) is 55.2 Å². The van der Waals surface area contributed by atoms with Crippen LogP contribution in [0.5, 0.6) is 0 Å². The lowest BCUT2D eigenvalue weighted by atomic mass is 10.2. The molecule has 1 fully saturated rings. The number of hydrogen-bond acceptors (Lipinski definition) is 6. The molecule has 2 aromatic heterocycles. The molecular weight excluding hydrogens is 286 g/mol. The molecule has 1 aliphatic heterocycles. The summed E-state index contributed by atoms with van der Waals surface area (Å²) < 4.78 is 7.35. The number of fused-ring (bicyclic) bond motifs is 1. The zero-order valence-electron chi connectivity index (χ0n) is 12.9. The van der Waals surface area contributed by atoms with Gasteiger partial charge in [0.2, 0.25) is 10.1 Å². The molecule has 3 heterocycles. The van der Waals surface area contributed by atoms with Crippen molar-refractivity contribution in [2.45, 2.75) is 26.8 Å². The fourth-order valence-corrected chi connectivity index (χ4v) is 3.72. The number of piperazine rings is 1. The van der Waals surface area contributed by atoms with Gasteiger partial charge in [0, 0.05) is 38.8 Å². The molecule has 0 aromatic carbocycles. The molecule has 0 saturated carbocycles. The molecule has 0 N–H and O–H groups in total. The maximum absolute atomic E-state index is 5.46. The third-order valence-electron chi connectivity index (χ3n) is 3.92. The van der Waals surface area contributed by atoms with Crippen molar-refractivity contribution in [3.05, 3.63) is 11.9 Å². The van der Waals surface area contributed by atoms with E-state index in [9.17, 15) is 0 Å². The van der Waals surface area contributed by atoms with Crippen molar-refractivity contribution >= 4 is 21.4 Å². The standard InChI is InChI=1S/C14H23N5OS/c1-4-20-8-7-17-5-6-18(10-12(17)3)14-16-19-9-11(2)15-13(19)21-14/h9,12H,4-8,10H2,1-3H3/t12-/m1/s1. The summed E-state index contributed by atoms with van der Waals surface area (Å²) in [5.74, 6) is 0. The van der Waals surface area contributed by atoms with Gasteiger partial charge in [-0.05, 0) is 20.8 Å². The van der Waals surface area contributed by atoms with Gasteiger partial charge in [0.15, 0.2) is 0 Å². The van der Waals surface area contributed by atoms with E-state index < -0.39 is 0 Å². The summed E-state index contributed by atoms with van der Waals surface area (Å²) in [5, 5.41) is 5.73. The topological polar surface area (TPSA) is 45.9 Å². The van der Waals surface area contributed by atoms with Crippen LogP contribution >= 0.6 is 11.3 Å². The summed E-state index contributed by atoms with van der Waals surface area (Å²) in [5.41, 5.74) is 1.02. The van der Waals surface area contributed by atoms with Crippen molar-refractivity contribution in [2.75, 3.05) is 44.3 Å². The first-order valence-electron chi connectivity index (χ1n) is 7.57. The summed E-state index contributed by atoms with van der Waals surface area (Å²) in [6.07, 6.45) is 1.98. The molecule has 0 unspecified atom stereocenters. The molecule has 7 heteroatoms. The highest BCUT2D eigenvalue weighted by Crippen LogP contribution is 2.25. The van der Waals surface area contributed by atoms with Gasteiger partial charge in [-0.15, -0.1) is 5.10 Å². The van der Waals surface area contributed by atoms with Gasteiger partial charge in [-0.3, -0.25) is 4.90 Å². The second kappa shape index (κ2) is 6.29. The first-order chi connectivity index (χ1) is 10.2. The molecule has 3 rings (SSSR count). The Kier molecular flexibility index (Phi) is 4.42. The molecule has 0 aliphatic carbocycles. The minimum atomic E-state index is 0.525. The van der Waals surface area contributed by atoms with Gasteiger partial charge in [0.05, 0.1) is 18.5 Å². The molecule has 21 heavy (non-hydrogen) atoms. The third-order valence-corrected chi connectivity index (χ3v) is 4.90. The van der Waals surface area contributed by atoms with Crippen LogP contribution in [0.4, 0.5) is 5.13 Å². The van der Waals surface area contributed by atoms with Crippen molar-refractivity contribution in [1.29, 1.82) is 0 Å². The molecule has 6 nitrogen and oxygen atoms in total. The maximum Gasteiger partial charge on any atom is 0.214 e. The predicted molar refractivity (Wildman–Crippen MR) is 85.3 cm³/mol. The Labute approximate surface area is 129 Å². The average Bonchev–Trinajstić information content (AvgIpc) is 2.98. The van der Waals surface area contributed by atoms with Gasteiger partial charge in [0.25, 0.3) is 0 Å². The monoisotopic (exact) mass is 309 g/mol. The predicted octanol–water partition coefficient (Wildman–Crippen LogP) is 1.65. The number of aromatic nitrogens is 3. The van der Waals surface area contributed by atoms with Crippen molar-refractivity contribution in [1.82, 2.24) is 19.5 Å². The lowest BCUT2D eigenvalue weighted by molar-refractivity contribution is 0.0926. The first-order valence-corrected chi connectivity index (χ1v) is 8.38. The normalized spacial score (nSPS) is 20.5. The Morgan fingerprint density at radius 2 is 2.29 bits per heavy atom. The summed E-state index contributed by atoms with van der Waals surface area (Å²) in [7, 11) is 0. The van der Waals surface area contributed by atoms with Crippen LogP contribution in [0.25, 0.3) is 4.96 Å². The van der Waals surface area contributed by atoms with Crippen molar-refractivity contribution in [2.24, 2.45) is 0 Å². The second-order valence-electron chi connectivity index (χ2n) is 5.52. The largest absolute Gasteiger partial charge is 0.380 e. The SMILES string of the molecule is CCOCCN1CCN(c2nn3cc(C)nc3s2)C[C@H]1C. The molecule has 1 aliphatic rings. The van der Waals surface area contributed by atoms with Crippen LogP contribution in [0.2, 0.25) is 0 Å². The quantitative estimate of drug-likeness (QED) is 0.786. The van der Waals surface area contributed by atoms with Crippen LogP contribution in [-0.4, -0.2) is 64.9 Å². The minimum absolute atomic E-state index is 0.525. The fraction of sp³-hybridized carbons (Fsp3) is 0.714. The zero-order chi connectivity index (χ0) is 14.8. The van der Waals surface area contributed by atoms with E-state index in [1.54, 1.807) is 11.3 Å². The highest BCUT2D eigenvalue weighted by molar-refractivity contribution is 7.20. The Morgan fingerprint density at radius 1 is 1.43 bits per heavy atom. The van der Waals surface area contributed by atoms with E-state index in [1.807, 2.05) is 24.6 Å². The molecular formula is C14H23N5OS. The van der Waals surface area contributed by atoms with Crippen molar-refractivity contribution < 1.29 is 4.74 Å². The summed E-state index contributed by atoms with van der Waals surface area (Å²) in [6.45, 7) is 12.1. The lowest BCUT2D eigenvalue weighted by Crippen LogP contribution is -2.52. The molecule has 116 valence electrons. The van der Waals surface area contributed by atoms with Gasteiger partial charge in [-0.2, -0.15) is 0 Å². The Bertz CT molecular complexity index is 564. The third kappa shape index (κ3) is 3.20. The number of aryl methyl sites for hydroxylation is 1.